The van der Waals surface area contributed by atoms with Gasteiger partial charge >= 0.3 is 0 Å². The molecule has 0 bridgehead atoms. The molecule has 0 radical (unpaired) electrons. The third-order valence-corrected chi connectivity index (χ3v) is 4.92. The molecule has 0 fully saturated rings. The molecule has 1 aromatic heterocycles. The Labute approximate surface area is 184 Å². The highest BCUT2D eigenvalue weighted by molar-refractivity contribution is 7.14. The van der Waals surface area contributed by atoms with Gasteiger partial charge in [0.05, 0.1) is 19.9 Å². The molecule has 1 amide bonds. The quantitative estimate of drug-likeness (QED) is 0.466. The summed E-state index contributed by atoms with van der Waals surface area (Å²) >= 11 is 0.763. The van der Waals surface area contributed by atoms with Crippen molar-refractivity contribution in [3.8, 4) is 11.5 Å². The fourth-order valence-corrected chi connectivity index (χ4v) is 3.43. The number of carbonyl (C=O) groups excluding carboxylic acids is 1. The number of nitrogens with one attached hydrogen (secondary N) is 1. The van der Waals surface area contributed by atoms with Crippen LogP contribution in [0.5, 0.6) is 11.5 Å². The zero-order valence-corrected chi connectivity index (χ0v) is 18.2. The summed E-state index contributed by atoms with van der Waals surface area (Å²) in [5.41, 5.74) is 2.01. The Morgan fingerprint density at radius 2 is 2.03 bits per heavy atom. The van der Waals surface area contributed by atoms with Gasteiger partial charge in [0.1, 0.15) is 17.6 Å². The molecule has 3 rings (SSSR count). The predicted octanol–water partition coefficient (Wildman–Crippen LogP) is 5.13. The average molecular weight is 443 g/mol. The maximum atomic E-state index is 13.2. The predicted molar refractivity (Wildman–Crippen MR) is 120 cm³/mol. The van der Waals surface area contributed by atoms with Crippen LogP contribution in [0.4, 0.5) is 9.52 Å². The van der Waals surface area contributed by atoms with Gasteiger partial charge in [0.2, 0.25) is 0 Å². The second-order valence-corrected chi connectivity index (χ2v) is 7.65. The van der Waals surface area contributed by atoms with Crippen molar-refractivity contribution < 1.29 is 23.4 Å². The number of rotatable bonds is 9. The van der Waals surface area contributed by atoms with Crippen LogP contribution in [0.3, 0.4) is 0 Å². The molecule has 6 nitrogen and oxygen atoms in total. The summed E-state index contributed by atoms with van der Waals surface area (Å²) in [6, 6.07) is 12.8. The zero-order valence-electron chi connectivity index (χ0n) is 17.4. The molecule has 8 heteroatoms. The van der Waals surface area contributed by atoms with E-state index in [0.29, 0.717) is 17.9 Å². The zero-order chi connectivity index (χ0) is 22.2. The number of anilines is 1. The van der Waals surface area contributed by atoms with Crippen molar-refractivity contribution in [2.24, 2.45) is 0 Å². The number of hydrogen-bond donors (Lipinski definition) is 1. The summed E-state index contributed by atoms with van der Waals surface area (Å²) in [5, 5.41) is 2.32. The van der Waals surface area contributed by atoms with Crippen LogP contribution < -0.4 is 14.8 Å². The highest BCUT2D eigenvalue weighted by Gasteiger charge is 2.13. The molecule has 0 aliphatic carbocycles. The molecular formula is C23H23FN2O4S. The van der Waals surface area contributed by atoms with Gasteiger partial charge in [-0.05, 0) is 36.8 Å². The lowest BCUT2D eigenvalue weighted by molar-refractivity contribution is 0.0917. The first-order valence-corrected chi connectivity index (χ1v) is 10.3. The van der Waals surface area contributed by atoms with E-state index in [1.807, 2.05) is 49.4 Å². The molecule has 0 spiro atoms. The van der Waals surface area contributed by atoms with Crippen LogP contribution in [0.1, 0.15) is 28.4 Å². The number of thiazole rings is 1. The Kier molecular flexibility index (Phi) is 7.75. The van der Waals surface area contributed by atoms with Crippen molar-refractivity contribution >= 4 is 34.5 Å². The van der Waals surface area contributed by atoms with E-state index in [1.165, 1.54) is 0 Å². The Balaban J connectivity index is 1.90. The molecule has 0 aliphatic heterocycles. The molecule has 31 heavy (non-hydrogen) atoms. The lowest BCUT2D eigenvalue weighted by atomic mass is 10.1. The van der Waals surface area contributed by atoms with Gasteiger partial charge in [-0.3, -0.25) is 10.1 Å². The van der Waals surface area contributed by atoms with Crippen LogP contribution in [0.25, 0.3) is 12.2 Å². The Hall–Kier alpha value is -3.23. The van der Waals surface area contributed by atoms with E-state index in [1.54, 1.807) is 26.4 Å². The normalized spacial score (nSPS) is 12.0. The molecule has 0 aliphatic rings. The minimum absolute atomic E-state index is 0.188. The van der Waals surface area contributed by atoms with Gasteiger partial charge in [0.25, 0.3) is 5.91 Å². The first-order chi connectivity index (χ1) is 15.0. The Bertz CT molecular complexity index is 1070. The van der Waals surface area contributed by atoms with Gasteiger partial charge < -0.3 is 14.2 Å². The largest absolute Gasteiger partial charge is 0.496 e. The van der Waals surface area contributed by atoms with Crippen molar-refractivity contribution in [3.05, 3.63) is 70.5 Å². The molecule has 1 N–H and O–H groups in total. The van der Waals surface area contributed by atoms with Gasteiger partial charge in [-0.25, -0.2) is 4.98 Å². The van der Waals surface area contributed by atoms with E-state index in [4.69, 9.17) is 14.2 Å². The monoisotopic (exact) mass is 442 g/mol. The van der Waals surface area contributed by atoms with E-state index in [9.17, 15) is 9.18 Å². The van der Waals surface area contributed by atoms with E-state index in [-0.39, 0.29) is 11.2 Å². The standard InChI is InChI=1S/C23H23FN2O4S/c1-15(14-28-2)30-19-11-16(8-9-17-6-4-5-7-20(17)29-3)10-18(12-19)22(27)26-23-25-13-21(24)31-23/h4-13,15H,14H2,1-3H3,(H,25,26,27)/t15-/m0/s1. The number of hydrogen-bond acceptors (Lipinski definition) is 6. The molecule has 0 saturated heterocycles. The summed E-state index contributed by atoms with van der Waals surface area (Å²) in [4.78, 5) is 16.6. The molecule has 1 heterocycles. The summed E-state index contributed by atoms with van der Waals surface area (Å²) in [6.07, 6.45) is 4.62. The summed E-state index contributed by atoms with van der Waals surface area (Å²) < 4.78 is 29.6. The average Bonchev–Trinajstić information content (AvgIpc) is 3.16. The first-order valence-electron chi connectivity index (χ1n) is 9.53. The smallest absolute Gasteiger partial charge is 0.257 e. The van der Waals surface area contributed by atoms with Crippen LogP contribution in [-0.2, 0) is 4.74 Å². The van der Waals surface area contributed by atoms with Crippen molar-refractivity contribution in [1.29, 1.82) is 0 Å². The van der Waals surface area contributed by atoms with Gasteiger partial charge in [0.15, 0.2) is 10.3 Å². The fourth-order valence-electron chi connectivity index (χ4n) is 2.89. The number of halogens is 1. The maximum Gasteiger partial charge on any atom is 0.257 e. The van der Waals surface area contributed by atoms with Crippen molar-refractivity contribution in [2.45, 2.75) is 13.0 Å². The fraction of sp³-hybridized carbons (Fsp3) is 0.217. The van der Waals surface area contributed by atoms with Gasteiger partial charge in [-0.15, -0.1) is 0 Å². The number of nitrogens with zero attached hydrogens (tertiary/aromatic N) is 1. The molecule has 1 atom stereocenters. The highest BCUT2D eigenvalue weighted by atomic mass is 32.1. The highest BCUT2D eigenvalue weighted by Crippen LogP contribution is 2.24. The number of methoxy groups -OCH3 is 2. The SMILES string of the molecule is COC[C@H](C)Oc1cc(C=Cc2ccccc2OC)cc(C(=O)Nc2ncc(F)s2)c1. The minimum Gasteiger partial charge on any atom is -0.496 e. The summed E-state index contributed by atoms with van der Waals surface area (Å²) in [7, 11) is 3.21. The van der Waals surface area contributed by atoms with Crippen LogP contribution in [-0.4, -0.2) is 37.8 Å². The van der Waals surface area contributed by atoms with Crippen LogP contribution >= 0.6 is 11.3 Å². The van der Waals surface area contributed by atoms with Crippen LogP contribution in [0.15, 0.2) is 48.7 Å². The summed E-state index contributed by atoms with van der Waals surface area (Å²) in [6.45, 7) is 2.28. The van der Waals surface area contributed by atoms with Crippen molar-refractivity contribution in [2.75, 3.05) is 26.1 Å². The Morgan fingerprint density at radius 3 is 2.74 bits per heavy atom. The van der Waals surface area contributed by atoms with Crippen LogP contribution in [0, 0.1) is 5.13 Å². The number of carbonyl (C=O) groups is 1. The van der Waals surface area contributed by atoms with Gasteiger partial charge in [0, 0.05) is 18.2 Å². The Morgan fingerprint density at radius 1 is 1.23 bits per heavy atom. The molecular weight excluding hydrogens is 419 g/mol. The lowest BCUT2D eigenvalue weighted by Crippen LogP contribution is -2.18. The van der Waals surface area contributed by atoms with Gasteiger partial charge in [-0.1, -0.05) is 41.7 Å². The van der Waals surface area contributed by atoms with Crippen molar-refractivity contribution in [3.63, 3.8) is 0 Å². The third-order valence-electron chi connectivity index (χ3n) is 4.22. The molecule has 0 unspecified atom stereocenters. The number of para-hydroxylation sites is 1. The van der Waals surface area contributed by atoms with E-state index >= 15 is 0 Å². The number of benzene rings is 2. The number of ether oxygens (including phenoxy) is 3. The van der Waals surface area contributed by atoms with Crippen LogP contribution in [0.2, 0.25) is 0 Å². The maximum absolute atomic E-state index is 13.2. The number of amides is 1. The molecule has 0 saturated carbocycles. The molecule has 2 aromatic carbocycles. The van der Waals surface area contributed by atoms with E-state index < -0.39 is 11.0 Å². The molecule has 3 aromatic rings. The first kappa shape index (κ1) is 22.5. The van der Waals surface area contributed by atoms with E-state index in [2.05, 4.69) is 10.3 Å². The second-order valence-electron chi connectivity index (χ2n) is 6.67. The minimum atomic E-state index is -0.471. The third kappa shape index (κ3) is 6.37. The second kappa shape index (κ2) is 10.7. The van der Waals surface area contributed by atoms with Crippen molar-refractivity contribution in [1.82, 2.24) is 4.98 Å². The summed E-state index contributed by atoms with van der Waals surface area (Å²) in [5.74, 6) is 0.844. The number of aromatic nitrogens is 1. The molecule has 162 valence electrons. The van der Waals surface area contributed by atoms with E-state index in [0.717, 1.165) is 34.4 Å². The topological polar surface area (TPSA) is 69.7 Å². The lowest BCUT2D eigenvalue weighted by Gasteiger charge is -2.15. The van der Waals surface area contributed by atoms with Gasteiger partial charge in [-0.2, -0.15) is 4.39 Å².